The van der Waals surface area contributed by atoms with Gasteiger partial charge in [0.1, 0.15) is 0 Å². The molecule has 7 nitrogen and oxygen atoms in total. The molecular formula is C17H22N2O5S. The lowest BCUT2D eigenvalue weighted by molar-refractivity contribution is -0.201. The Balaban J connectivity index is 1.48. The van der Waals surface area contributed by atoms with E-state index in [-0.39, 0.29) is 29.9 Å². The van der Waals surface area contributed by atoms with E-state index in [1.807, 2.05) is 0 Å². The van der Waals surface area contributed by atoms with Crippen molar-refractivity contribution < 1.29 is 24.0 Å². The Labute approximate surface area is 151 Å². The van der Waals surface area contributed by atoms with Crippen molar-refractivity contribution in [1.29, 1.82) is 0 Å². The highest BCUT2D eigenvalue weighted by molar-refractivity contribution is 7.81. The first kappa shape index (κ1) is 18.0. The molecule has 3 aliphatic rings. The van der Waals surface area contributed by atoms with Gasteiger partial charge in [-0.2, -0.15) is 12.6 Å². The molecule has 3 amide bonds. The standard InChI is InChI=1S/C17H22N2O5S/c1-10-8-13(25)16(22)18(10)9-11-2-4-12(5-3-11)17(23)24-19-14(20)6-7-15(19)21/h11-13,25H,1-9H2. The van der Waals surface area contributed by atoms with Crippen LogP contribution in [-0.2, 0) is 24.0 Å². The quantitative estimate of drug-likeness (QED) is 0.601. The van der Waals surface area contributed by atoms with Gasteiger partial charge in [0, 0.05) is 31.5 Å². The van der Waals surface area contributed by atoms with Crippen molar-refractivity contribution in [3.05, 3.63) is 12.3 Å². The van der Waals surface area contributed by atoms with Gasteiger partial charge >= 0.3 is 5.97 Å². The molecule has 1 aliphatic carbocycles. The number of carbonyl (C=O) groups is 4. The SMILES string of the molecule is C=C1CC(S)C(=O)N1CC1CCC(C(=O)ON2C(=O)CCC2=O)CC1. The van der Waals surface area contributed by atoms with E-state index in [0.29, 0.717) is 36.8 Å². The van der Waals surface area contributed by atoms with Gasteiger partial charge in [0.25, 0.3) is 11.8 Å². The van der Waals surface area contributed by atoms with Crippen LogP contribution in [0.3, 0.4) is 0 Å². The summed E-state index contributed by atoms with van der Waals surface area (Å²) in [6.45, 7) is 4.54. The lowest BCUT2D eigenvalue weighted by atomic mass is 9.82. The molecule has 3 rings (SSSR count). The van der Waals surface area contributed by atoms with E-state index in [9.17, 15) is 19.2 Å². The molecule has 8 heteroatoms. The molecule has 0 N–H and O–H groups in total. The Morgan fingerprint density at radius 3 is 2.24 bits per heavy atom. The molecule has 0 bridgehead atoms. The van der Waals surface area contributed by atoms with Gasteiger partial charge in [0.05, 0.1) is 11.2 Å². The summed E-state index contributed by atoms with van der Waals surface area (Å²) in [6.07, 6.45) is 3.60. The number of carbonyl (C=O) groups excluding carboxylic acids is 4. The molecule has 0 aromatic carbocycles. The average Bonchev–Trinajstić information content (AvgIpc) is 3.02. The van der Waals surface area contributed by atoms with Crippen LogP contribution in [-0.4, -0.2) is 45.4 Å². The minimum absolute atomic E-state index is 0.000856. The number of likely N-dealkylation sites (tertiary alicyclic amines) is 1. The Kier molecular flexibility index (Phi) is 5.17. The molecule has 1 unspecified atom stereocenters. The smallest absolute Gasteiger partial charge is 0.330 e. The van der Waals surface area contributed by atoms with Crippen molar-refractivity contribution in [3.63, 3.8) is 0 Å². The van der Waals surface area contributed by atoms with E-state index in [1.165, 1.54) is 0 Å². The van der Waals surface area contributed by atoms with Crippen molar-refractivity contribution in [1.82, 2.24) is 9.96 Å². The van der Waals surface area contributed by atoms with Crippen LogP contribution in [0.5, 0.6) is 0 Å². The molecule has 2 saturated heterocycles. The molecule has 3 fully saturated rings. The first-order valence-corrected chi connectivity index (χ1v) is 9.13. The largest absolute Gasteiger partial charge is 0.336 e. The highest BCUT2D eigenvalue weighted by Gasteiger charge is 2.38. The number of imide groups is 1. The Morgan fingerprint density at radius 2 is 1.72 bits per heavy atom. The molecule has 2 heterocycles. The number of amides is 3. The second-order valence-electron chi connectivity index (χ2n) is 6.94. The summed E-state index contributed by atoms with van der Waals surface area (Å²) in [5.41, 5.74) is 0.803. The van der Waals surface area contributed by atoms with Gasteiger partial charge in [-0.1, -0.05) is 6.58 Å². The topological polar surface area (TPSA) is 84.0 Å². The summed E-state index contributed by atoms with van der Waals surface area (Å²) in [5.74, 6) is -1.44. The van der Waals surface area contributed by atoms with Crippen LogP contribution in [0.2, 0.25) is 0 Å². The van der Waals surface area contributed by atoms with E-state index in [4.69, 9.17) is 4.84 Å². The van der Waals surface area contributed by atoms with Crippen molar-refractivity contribution in [3.8, 4) is 0 Å². The molecule has 0 radical (unpaired) electrons. The number of allylic oxidation sites excluding steroid dienone is 1. The summed E-state index contributed by atoms with van der Waals surface area (Å²) < 4.78 is 0. The van der Waals surface area contributed by atoms with Crippen molar-refractivity contribution in [2.75, 3.05) is 6.54 Å². The molecule has 0 aromatic rings. The molecule has 25 heavy (non-hydrogen) atoms. The maximum atomic E-state index is 12.2. The maximum absolute atomic E-state index is 12.2. The van der Waals surface area contributed by atoms with Crippen LogP contribution >= 0.6 is 12.6 Å². The summed E-state index contributed by atoms with van der Waals surface area (Å²) in [4.78, 5) is 54.0. The van der Waals surface area contributed by atoms with Gasteiger partial charge in [-0.3, -0.25) is 14.4 Å². The molecule has 0 aromatic heterocycles. The highest BCUT2D eigenvalue weighted by Crippen LogP contribution is 2.33. The van der Waals surface area contributed by atoms with Crippen LogP contribution in [0, 0.1) is 11.8 Å². The molecule has 136 valence electrons. The summed E-state index contributed by atoms with van der Waals surface area (Å²) in [6, 6.07) is 0. The second kappa shape index (κ2) is 7.19. The predicted molar refractivity (Wildman–Crippen MR) is 90.9 cm³/mol. The number of rotatable bonds is 4. The number of nitrogens with zero attached hydrogens (tertiary/aromatic N) is 2. The number of hydrogen-bond donors (Lipinski definition) is 1. The van der Waals surface area contributed by atoms with Crippen LogP contribution in [0.1, 0.15) is 44.9 Å². The summed E-state index contributed by atoms with van der Waals surface area (Å²) >= 11 is 4.26. The van der Waals surface area contributed by atoms with Gasteiger partial charge in [-0.25, -0.2) is 4.79 Å². The predicted octanol–water partition coefficient (Wildman–Crippen LogP) is 1.44. The van der Waals surface area contributed by atoms with Crippen molar-refractivity contribution in [2.24, 2.45) is 11.8 Å². The molecule has 1 atom stereocenters. The van der Waals surface area contributed by atoms with E-state index >= 15 is 0 Å². The Bertz CT molecular complexity index is 611. The van der Waals surface area contributed by atoms with Crippen molar-refractivity contribution >= 4 is 36.3 Å². The van der Waals surface area contributed by atoms with E-state index < -0.39 is 17.8 Å². The third-order valence-corrected chi connectivity index (χ3v) is 5.57. The lowest BCUT2D eigenvalue weighted by Crippen LogP contribution is -2.37. The minimum Gasteiger partial charge on any atom is -0.330 e. The second-order valence-corrected chi connectivity index (χ2v) is 7.57. The molecule has 0 spiro atoms. The van der Waals surface area contributed by atoms with Crippen LogP contribution < -0.4 is 0 Å². The fourth-order valence-corrected chi connectivity index (χ4v) is 3.99. The monoisotopic (exact) mass is 366 g/mol. The third kappa shape index (κ3) is 3.73. The normalized spacial score (nSPS) is 30.4. The zero-order valence-electron chi connectivity index (χ0n) is 14.0. The van der Waals surface area contributed by atoms with Gasteiger partial charge < -0.3 is 9.74 Å². The molecule has 2 aliphatic heterocycles. The zero-order chi connectivity index (χ0) is 18.1. The number of hydroxylamine groups is 2. The maximum Gasteiger partial charge on any atom is 0.336 e. The first-order valence-electron chi connectivity index (χ1n) is 8.61. The number of hydrogen-bond acceptors (Lipinski definition) is 6. The average molecular weight is 366 g/mol. The Morgan fingerprint density at radius 1 is 1.12 bits per heavy atom. The minimum atomic E-state index is -0.515. The molecule has 1 saturated carbocycles. The van der Waals surface area contributed by atoms with Gasteiger partial charge in [-0.05, 0) is 31.6 Å². The van der Waals surface area contributed by atoms with E-state index in [0.717, 1.165) is 18.5 Å². The van der Waals surface area contributed by atoms with Gasteiger partial charge in [0.15, 0.2) is 0 Å². The van der Waals surface area contributed by atoms with E-state index in [1.54, 1.807) is 4.90 Å². The van der Waals surface area contributed by atoms with Crippen molar-refractivity contribution in [2.45, 2.75) is 50.2 Å². The van der Waals surface area contributed by atoms with Crippen LogP contribution in [0.25, 0.3) is 0 Å². The third-order valence-electron chi connectivity index (χ3n) is 5.17. The van der Waals surface area contributed by atoms with Crippen LogP contribution in [0.4, 0.5) is 0 Å². The Hall–Kier alpha value is -1.83. The highest BCUT2D eigenvalue weighted by atomic mass is 32.1. The zero-order valence-corrected chi connectivity index (χ0v) is 14.9. The summed E-state index contributed by atoms with van der Waals surface area (Å²) in [5, 5.41) is 0.308. The van der Waals surface area contributed by atoms with Gasteiger partial charge in [-0.15, -0.1) is 5.06 Å². The number of thiol groups is 1. The fraction of sp³-hybridized carbons (Fsp3) is 0.647. The van der Waals surface area contributed by atoms with Gasteiger partial charge in [0.2, 0.25) is 5.91 Å². The first-order chi connectivity index (χ1) is 11.9. The molecular weight excluding hydrogens is 344 g/mol. The summed E-state index contributed by atoms with van der Waals surface area (Å²) in [7, 11) is 0. The van der Waals surface area contributed by atoms with E-state index in [2.05, 4.69) is 19.2 Å². The fourth-order valence-electron chi connectivity index (χ4n) is 3.64. The lowest BCUT2D eigenvalue weighted by Gasteiger charge is -2.30. The van der Waals surface area contributed by atoms with Crippen LogP contribution in [0.15, 0.2) is 12.3 Å².